The topological polar surface area (TPSA) is 110 Å². The van der Waals surface area contributed by atoms with E-state index < -0.39 is 11.4 Å². The van der Waals surface area contributed by atoms with Crippen LogP contribution >= 0.6 is 0 Å². The summed E-state index contributed by atoms with van der Waals surface area (Å²) < 4.78 is 0. The van der Waals surface area contributed by atoms with Crippen molar-refractivity contribution in [3.05, 3.63) is 29.8 Å². The average Bonchev–Trinajstić information content (AvgIpc) is 2.71. The van der Waals surface area contributed by atoms with Crippen LogP contribution in [-0.2, 0) is 4.79 Å². The number of rotatable bonds is 5. The molecule has 3 rings (SSSR count). The van der Waals surface area contributed by atoms with E-state index in [9.17, 15) is 14.7 Å². The number of nitrogens with one attached hydrogen (secondary N) is 1. The third-order valence-electron chi connectivity index (χ3n) is 5.20. The molecule has 1 amide bonds. The van der Waals surface area contributed by atoms with Crippen molar-refractivity contribution < 1.29 is 14.7 Å². The van der Waals surface area contributed by atoms with Crippen LogP contribution in [0.4, 0.5) is 11.5 Å². The van der Waals surface area contributed by atoms with Crippen molar-refractivity contribution in [1.82, 2.24) is 9.88 Å². The highest BCUT2D eigenvalue weighted by atomic mass is 16.4. The number of aromatic carboxylic acids is 1. The molecule has 1 aliphatic heterocycles. The molecule has 0 unspecified atom stereocenters. The molecule has 0 aliphatic carbocycles. The smallest absolute Gasteiger partial charge is 0.336 e. The molecule has 2 N–H and O–H groups in total. The van der Waals surface area contributed by atoms with Gasteiger partial charge in [-0.05, 0) is 24.3 Å². The molecule has 0 bridgehead atoms. The Labute approximate surface area is 176 Å². The molecule has 0 saturated carbocycles. The van der Waals surface area contributed by atoms with Crippen molar-refractivity contribution in [1.29, 1.82) is 5.26 Å². The van der Waals surface area contributed by atoms with Gasteiger partial charge in [0.15, 0.2) is 0 Å². The molecule has 2 aromatic rings. The van der Waals surface area contributed by atoms with E-state index in [0.717, 1.165) is 32.7 Å². The maximum Gasteiger partial charge on any atom is 0.336 e. The van der Waals surface area contributed by atoms with Crippen molar-refractivity contribution in [2.24, 2.45) is 5.41 Å². The number of carboxylic acid groups (broad SMARTS) is 1. The molecular formula is C22H27N5O3. The van der Waals surface area contributed by atoms with Crippen molar-refractivity contribution in [3.8, 4) is 6.07 Å². The molecule has 158 valence electrons. The summed E-state index contributed by atoms with van der Waals surface area (Å²) in [5, 5.41) is 21.8. The zero-order valence-electron chi connectivity index (χ0n) is 17.6. The molecule has 30 heavy (non-hydrogen) atoms. The number of fused-ring (bicyclic) bond motifs is 1. The summed E-state index contributed by atoms with van der Waals surface area (Å²) in [5.74, 6) is -0.542. The molecule has 1 fully saturated rings. The number of nitrogens with zero attached hydrogens (tertiary/aromatic N) is 4. The number of hydrogen-bond donors (Lipinski definition) is 2. The van der Waals surface area contributed by atoms with Gasteiger partial charge in [0.25, 0.3) is 0 Å². The van der Waals surface area contributed by atoms with Crippen LogP contribution in [0.25, 0.3) is 10.9 Å². The number of aromatic nitrogens is 1. The molecule has 2 heterocycles. The van der Waals surface area contributed by atoms with Gasteiger partial charge in [-0.1, -0.05) is 20.8 Å². The van der Waals surface area contributed by atoms with Gasteiger partial charge in [0.05, 0.1) is 17.1 Å². The number of piperazine rings is 1. The molecule has 8 nitrogen and oxygen atoms in total. The van der Waals surface area contributed by atoms with Crippen molar-refractivity contribution >= 4 is 34.3 Å². The fourth-order valence-electron chi connectivity index (χ4n) is 3.36. The van der Waals surface area contributed by atoms with Crippen LogP contribution in [-0.4, -0.2) is 59.6 Å². The molecular weight excluding hydrogens is 382 g/mol. The summed E-state index contributed by atoms with van der Waals surface area (Å²) in [4.78, 5) is 33.2. The Balaban J connectivity index is 1.87. The van der Waals surface area contributed by atoms with Crippen LogP contribution in [0.15, 0.2) is 24.3 Å². The van der Waals surface area contributed by atoms with Gasteiger partial charge in [-0.15, -0.1) is 0 Å². The third-order valence-corrected chi connectivity index (χ3v) is 5.20. The highest BCUT2D eigenvalue weighted by molar-refractivity contribution is 6.05. The van der Waals surface area contributed by atoms with E-state index in [1.54, 1.807) is 24.3 Å². The lowest BCUT2D eigenvalue weighted by Gasteiger charge is -2.35. The minimum atomic E-state index is -1.03. The number of amides is 1. The highest BCUT2D eigenvalue weighted by Gasteiger charge is 2.23. The van der Waals surface area contributed by atoms with Gasteiger partial charge in [0.1, 0.15) is 5.82 Å². The number of carbonyl (C=O) groups excluding carboxylic acids is 1. The monoisotopic (exact) mass is 409 g/mol. The average molecular weight is 409 g/mol. The van der Waals surface area contributed by atoms with Crippen molar-refractivity contribution in [2.45, 2.75) is 27.2 Å². The molecule has 0 atom stereocenters. The summed E-state index contributed by atoms with van der Waals surface area (Å²) >= 11 is 0. The fourth-order valence-corrected chi connectivity index (χ4v) is 3.36. The van der Waals surface area contributed by atoms with Gasteiger partial charge in [-0.25, -0.2) is 9.78 Å². The second-order valence-corrected chi connectivity index (χ2v) is 8.51. The summed E-state index contributed by atoms with van der Waals surface area (Å²) in [7, 11) is 0. The number of pyridine rings is 1. The Morgan fingerprint density at radius 1 is 1.20 bits per heavy atom. The Hall–Kier alpha value is -3.18. The molecule has 1 aromatic heterocycles. The lowest BCUT2D eigenvalue weighted by Crippen LogP contribution is -2.46. The maximum absolute atomic E-state index is 12.3. The quantitative estimate of drug-likeness (QED) is 0.781. The lowest BCUT2D eigenvalue weighted by atomic mass is 9.95. The molecule has 1 saturated heterocycles. The maximum atomic E-state index is 12.3. The van der Waals surface area contributed by atoms with Crippen LogP contribution < -0.4 is 10.2 Å². The largest absolute Gasteiger partial charge is 0.478 e. The van der Waals surface area contributed by atoms with Crippen LogP contribution in [0.5, 0.6) is 0 Å². The van der Waals surface area contributed by atoms with E-state index in [1.165, 1.54) is 0 Å². The third kappa shape index (κ3) is 4.86. The van der Waals surface area contributed by atoms with E-state index in [1.807, 2.05) is 20.8 Å². The molecule has 8 heteroatoms. The SMILES string of the molecule is CC(C)(C)C(=O)Nc1ccc2nc(N3CCN(CCC#N)CC3)cc(C(=O)O)c2c1. The van der Waals surface area contributed by atoms with E-state index >= 15 is 0 Å². The van der Waals surface area contributed by atoms with Gasteiger partial charge in [0, 0.05) is 55.6 Å². The summed E-state index contributed by atoms with van der Waals surface area (Å²) in [6.45, 7) is 9.27. The van der Waals surface area contributed by atoms with Crippen molar-refractivity contribution in [3.63, 3.8) is 0 Å². The zero-order chi connectivity index (χ0) is 21.9. The Bertz CT molecular complexity index is 998. The number of carbonyl (C=O) groups is 2. The number of benzene rings is 1. The predicted octanol–water partition coefficient (Wildman–Crippen LogP) is 2.95. The van der Waals surface area contributed by atoms with E-state index in [0.29, 0.717) is 28.8 Å². The highest BCUT2D eigenvalue weighted by Crippen LogP contribution is 2.27. The predicted molar refractivity (Wildman–Crippen MR) is 116 cm³/mol. The van der Waals surface area contributed by atoms with Crippen LogP contribution in [0, 0.1) is 16.7 Å². The first kappa shape index (κ1) is 21.5. The van der Waals surface area contributed by atoms with Gasteiger partial charge in [0.2, 0.25) is 5.91 Å². The normalized spacial score (nSPS) is 15.1. The second kappa shape index (κ2) is 8.67. The first-order valence-electron chi connectivity index (χ1n) is 10.0. The molecule has 1 aliphatic rings. The number of anilines is 2. The van der Waals surface area contributed by atoms with Gasteiger partial charge < -0.3 is 15.3 Å². The lowest BCUT2D eigenvalue weighted by molar-refractivity contribution is -0.123. The zero-order valence-corrected chi connectivity index (χ0v) is 17.6. The van der Waals surface area contributed by atoms with E-state index in [-0.39, 0.29) is 11.5 Å². The van der Waals surface area contributed by atoms with Gasteiger partial charge in [-0.2, -0.15) is 5.26 Å². The molecule has 0 radical (unpaired) electrons. The fraction of sp³-hybridized carbons (Fsp3) is 0.455. The minimum absolute atomic E-state index is 0.141. The molecule has 1 aromatic carbocycles. The Morgan fingerprint density at radius 2 is 1.90 bits per heavy atom. The standard InChI is InChI=1S/C22H27N5O3/c1-22(2,3)21(30)24-15-5-6-18-16(13-15)17(20(28)29)14-19(25-18)27-11-9-26(10-12-27)8-4-7-23/h5-6,13-14H,4,8-12H2,1-3H3,(H,24,30)(H,28,29). The number of carboxylic acids is 1. The summed E-state index contributed by atoms with van der Waals surface area (Å²) in [6.07, 6.45) is 0.505. The first-order chi connectivity index (χ1) is 14.2. The first-order valence-corrected chi connectivity index (χ1v) is 10.0. The second-order valence-electron chi connectivity index (χ2n) is 8.51. The van der Waals surface area contributed by atoms with Crippen LogP contribution in [0.3, 0.4) is 0 Å². The number of nitriles is 1. The van der Waals surface area contributed by atoms with Crippen LogP contribution in [0.1, 0.15) is 37.6 Å². The van der Waals surface area contributed by atoms with Crippen LogP contribution in [0.2, 0.25) is 0 Å². The van der Waals surface area contributed by atoms with Crippen molar-refractivity contribution in [2.75, 3.05) is 42.9 Å². The van der Waals surface area contributed by atoms with Gasteiger partial charge in [-0.3, -0.25) is 9.69 Å². The summed E-state index contributed by atoms with van der Waals surface area (Å²) in [6, 6.07) is 8.92. The van der Waals surface area contributed by atoms with Gasteiger partial charge >= 0.3 is 5.97 Å². The molecule has 0 spiro atoms. The number of hydrogen-bond acceptors (Lipinski definition) is 6. The van der Waals surface area contributed by atoms with E-state index in [2.05, 4.69) is 26.2 Å². The minimum Gasteiger partial charge on any atom is -0.478 e. The Morgan fingerprint density at radius 3 is 2.50 bits per heavy atom. The van der Waals surface area contributed by atoms with E-state index in [4.69, 9.17) is 5.26 Å². The Kier molecular flexibility index (Phi) is 6.22. The summed E-state index contributed by atoms with van der Waals surface area (Å²) in [5.41, 5.74) is 0.729.